The molecule has 1 heterocycles. The van der Waals surface area contributed by atoms with Crippen LogP contribution in [0.4, 0.5) is 0 Å². The molecule has 0 bridgehead atoms. The first-order valence-electron chi connectivity index (χ1n) is 17.1. The summed E-state index contributed by atoms with van der Waals surface area (Å²) in [5.74, 6) is -4.71. The summed E-state index contributed by atoms with van der Waals surface area (Å²) in [4.78, 5) is 61.6. The van der Waals surface area contributed by atoms with Crippen LogP contribution in [0.2, 0.25) is 0 Å². The number of unbranched alkanes of at least 4 members (excludes halogenated alkanes) is 1. The van der Waals surface area contributed by atoms with Gasteiger partial charge in [0.15, 0.2) is 29.5 Å². The lowest BCUT2D eigenvalue weighted by Gasteiger charge is -2.43. The first kappa shape index (κ1) is 43.6. The molecule has 17 nitrogen and oxygen atoms in total. The van der Waals surface area contributed by atoms with E-state index in [4.69, 9.17) is 46.3 Å². The lowest BCUT2D eigenvalue weighted by atomic mass is 9.98. The maximum Gasteiger partial charge on any atom is 0.501 e. The van der Waals surface area contributed by atoms with Crippen molar-refractivity contribution in [2.45, 2.75) is 97.6 Å². The number of methoxy groups -OCH3 is 1. The van der Waals surface area contributed by atoms with Crippen LogP contribution >= 0.6 is 0 Å². The molecule has 54 heavy (non-hydrogen) atoms. The number of hydrogen-bond acceptors (Lipinski definition) is 17. The topological polar surface area (TPSA) is 212 Å². The molecule has 1 aliphatic heterocycles. The second-order valence-corrected chi connectivity index (χ2v) is 13.1. The highest BCUT2D eigenvalue weighted by Crippen LogP contribution is 2.36. The minimum Gasteiger partial charge on any atom is -0.463 e. The molecule has 0 aliphatic carbocycles. The summed E-state index contributed by atoms with van der Waals surface area (Å²) in [5.41, 5.74) is 0.789. The molecule has 0 saturated carbocycles. The van der Waals surface area contributed by atoms with Crippen LogP contribution in [-0.4, -0.2) is 95.7 Å². The third-order valence-corrected chi connectivity index (χ3v) is 8.20. The van der Waals surface area contributed by atoms with Gasteiger partial charge < -0.3 is 46.3 Å². The number of ether oxygens (including phenoxy) is 8. The van der Waals surface area contributed by atoms with E-state index >= 15 is 0 Å². The van der Waals surface area contributed by atoms with Crippen LogP contribution < -0.4 is 13.1 Å². The molecule has 298 valence electrons. The zero-order valence-corrected chi connectivity index (χ0v) is 31.8. The smallest absolute Gasteiger partial charge is 0.463 e. The van der Waals surface area contributed by atoms with E-state index in [0.29, 0.717) is 19.6 Å². The van der Waals surface area contributed by atoms with E-state index in [0.717, 1.165) is 52.2 Å². The Kier molecular flexibility index (Phi) is 17.1. The standard InChI is InChI=1S/C36H46O17S/c1-7-8-17-45-18-9-10-29(41)27-13-16-30(31(19-27)53-54(42,43)52-28-14-11-26(12-15-28)20-44-6)50-36-35(49-25(5)40)34(48-24(4)39)33(47-23(3)38)32(51-36)21-46-22(2)37/h11-16,19,32-36H,7-10,17-18,20-21H2,1-6H3/t32-,33+,34+,35-,36?/m1/s1. The fourth-order valence-corrected chi connectivity index (χ4v) is 5.86. The molecule has 1 saturated heterocycles. The highest BCUT2D eigenvalue weighted by atomic mass is 32.3. The first-order valence-corrected chi connectivity index (χ1v) is 18.4. The number of carbonyl (C=O) groups excluding carboxylic acids is 5. The Hall–Kier alpha value is -4.78. The van der Waals surface area contributed by atoms with Gasteiger partial charge in [0.1, 0.15) is 18.5 Å². The molecule has 5 atom stereocenters. The van der Waals surface area contributed by atoms with E-state index in [1.54, 1.807) is 12.1 Å². The number of esters is 4. The SMILES string of the molecule is CCCCOCCCC(=O)c1ccc(OC2O[C@H](COC(C)=O)[C@H](OC(C)=O)[C@H](OC(C)=O)[C@H]2OC(C)=O)c(OS(=O)(=O)Oc2ccc(COC)cc2)c1. The van der Waals surface area contributed by atoms with Crippen molar-refractivity contribution in [3.63, 3.8) is 0 Å². The van der Waals surface area contributed by atoms with Crippen molar-refractivity contribution in [2.75, 3.05) is 26.9 Å². The van der Waals surface area contributed by atoms with Crippen LogP contribution in [0.15, 0.2) is 42.5 Å². The molecule has 3 rings (SSSR count). The largest absolute Gasteiger partial charge is 0.501 e. The molecule has 18 heteroatoms. The predicted octanol–water partition coefficient (Wildman–Crippen LogP) is 3.78. The molecular weight excluding hydrogens is 736 g/mol. The fourth-order valence-electron chi connectivity index (χ4n) is 5.13. The van der Waals surface area contributed by atoms with Crippen molar-refractivity contribution in [2.24, 2.45) is 0 Å². The third kappa shape index (κ3) is 14.2. The highest BCUT2D eigenvalue weighted by Gasteiger charge is 2.53. The maximum atomic E-state index is 13.3. The van der Waals surface area contributed by atoms with Gasteiger partial charge in [-0.1, -0.05) is 25.5 Å². The van der Waals surface area contributed by atoms with Crippen LogP contribution in [0, 0.1) is 0 Å². The summed E-state index contributed by atoms with van der Waals surface area (Å²) in [7, 11) is -3.41. The van der Waals surface area contributed by atoms with E-state index in [-0.39, 0.29) is 35.9 Å². The van der Waals surface area contributed by atoms with Crippen molar-refractivity contribution in [1.29, 1.82) is 0 Å². The lowest BCUT2D eigenvalue weighted by molar-refractivity contribution is -0.288. The number of hydrogen-bond donors (Lipinski definition) is 0. The monoisotopic (exact) mass is 782 g/mol. The quantitative estimate of drug-likeness (QED) is 0.0763. The van der Waals surface area contributed by atoms with E-state index in [9.17, 15) is 32.4 Å². The molecule has 0 N–H and O–H groups in total. The Bertz CT molecular complexity index is 1690. The Balaban J connectivity index is 2.03. The average molecular weight is 783 g/mol. The van der Waals surface area contributed by atoms with Crippen molar-refractivity contribution in [3.05, 3.63) is 53.6 Å². The number of rotatable bonds is 21. The van der Waals surface area contributed by atoms with Gasteiger partial charge in [-0.05, 0) is 48.7 Å². The first-order chi connectivity index (χ1) is 25.6. The number of benzene rings is 2. The van der Waals surface area contributed by atoms with Crippen LogP contribution in [0.3, 0.4) is 0 Å². The van der Waals surface area contributed by atoms with Crippen LogP contribution in [0.1, 0.15) is 76.2 Å². The molecular formula is C36H46O17S. The molecule has 0 spiro atoms. The summed E-state index contributed by atoms with van der Waals surface area (Å²) in [5, 5.41) is 0. The van der Waals surface area contributed by atoms with Gasteiger partial charge >= 0.3 is 34.3 Å². The van der Waals surface area contributed by atoms with E-state index < -0.39 is 77.3 Å². The van der Waals surface area contributed by atoms with Gasteiger partial charge in [0.25, 0.3) is 0 Å². The molecule has 1 aliphatic rings. The van der Waals surface area contributed by atoms with Crippen molar-refractivity contribution in [3.8, 4) is 17.2 Å². The van der Waals surface area contributed by atoms with Gasteiger partial charge in [0, 0.05) is 60.0 Å². The van der Waals surface area contributed by atoms with Crippen LogP contribution in [-0.2, 0) is 69.3 Å². The number of carbonyl (C=O) groups is 5. The van der Waals surface area contributed by atoms with Gasteiger partial charge in [-0.15, -0.1) is 8.42 Å². The Labute approximate surface area is 313 Å². The van der Waals surface area contributed by atoms with Crippen molar-refractivity contribution >= 4 is 40.1 Å². The van der Waals surface area contributed by atoms with E-state index in [1.165, 1.54) is 31.4 Å². The Morgan fingerprint density at radius 1 is 0.741 bits per heavy atom. The molecule has 0 aromatic heterocycles. The Morgan fingerprint density at radius 3 is 1.98 bits per heavy atom. The summed E-state index contributed by atoms with van der Waals surface area (Å²) in [6.45, 7) is 6.94. The third-order valence-electron chi connectivity index (χ3n) is 7.42. The summed E-state index contributed by atoms with van der Waals surface area (Å²) in [6.07, 6.45) is -5.52. The molecule has 0 radical (unpaired) electrons. The molecule has 1 fully saturated rings. The zero-order chi connectivity index (χ0) is 39.8. The van der Waals surface area contributed by atoms with Crippen molar-refractivity contribution in [1.82, 2.24) is 0 Å². The molecule has 2 aromatic rings. The minimum atomic E-state index is -4.91. The highest BCUT2D eigenvalue weighted by molar-refractivity contribution is 7.82. The molecule has 1 unspecified atom stereocenters. The molecule has 2 aromatic carbocycles. The number of Topliss-reactive ketones (excluding diaryl/α,β-unsaturated/α-hetero) is 1. The van der Waals surface area contributed by atoms with Crippen LogP contribution in [0.5, 0.6) is 17.2 Å². The number of ketones is 1. The minimum absolute atomic E-state index is 0.0478. The fraction of sp³-hybridized carbons (Fsp3) is 0.528. The van der Waals surface area contributed by atoms with Gasteiger partial charge in [0.05, 0.1) is 6.61 Å². The summed E-state index contributed by atoms with van der Waals surface area (Å²) in [6, 6.07) is 9.60. The second-order valence-electron chi connectivity index (χ2n) is 12.0. The van der Waals surface area contributed by atoms with Gasteiger partial charge in [0.2, 0.25) is 12.4 Å². The van der Waals surface area contributed by atoms with Crippen LogP contribution in [0.25, 0.3) is 0 Å². The van der Waals surface area contributed by atoms with Gasteiger partial charge in [-0.25, -0.2) is 0 Å². The normalized spacial score (nSPS) is 19.6. The Morgan fingerprint density at radius 2 is 1.37 bits per heavy atom. The van der Waals surface area contributed by atoms with Gasteiger partial charge in [-0.2, -0.15) is 0 Å². The van der Waals surface area contributed by atoms with Gasteiger partial charge in [-0.3, -0.25) is 24.0 Å². The van der Waals surface area contributed by atoms with E-state index in [2.05, 4.69) is 0 Å². The summed E-state index contributed by atoms with van der Waals surface area (Å²) < 4.78 is 81.0. The predicted molar refractivity (Wildman–Crippen MR) is 186 cm³/mol. The zero-order valence-electron chi connectivity index (χ0n) is 30.9. The maximum absolute atomic E-state index is 13.3. The average Bonchev–Trinajstić information content (AvgIpc) is 3.08. The lowest BCUT2D eigenvalue weighted by Crippen LogP contribution is -2.63. The molecule has 0 amide bonds. The van der Waals surface area contributed by atoms with Crippen molar-refractivity contribution < 1.29 is 78.7 Å². The summed E-state index contributed by atoms with van der Waals surface area (Å²) >= 11 is 0. The second kappa shape index (κ2) is 21.2. The van der Waals surface area contributed by atoms with E-state index in [1.807, 2.05) is 6.92 Å².